The maximum Gasteiger partial charge on any atom is 0.129 e. The van der Waals surface area contributed by atoms with E-state index in [1.54, 1.807) is 0 Å². The molecule has 0 spiro atoms. The minimum Gasteiger partial charge on any atom is -0.127 e. The zero-order valence-corrected chi connectivity index (χ0v) is 20.2. The van der Waals surface area contributed by atoms with Crippen molar-refractivity contribution in [2.75, 3.05) is 0 Å². The van der Waals surface area contributed by atoms with Crippen molar-refractivity contribution in [3.63, 3.8) is 0 Å². The van der Waals surface area contributed by atoms with Crippen LogP contribution in [0.4, 0.5) is 0 Å². The second kappa shape index (κ2) is 7.94. The van der Waals surface area contributed by atoms with Crippen molar-refractivity contribution in [3.8, 4) is 11.5 Å². The van der Waals surface area contributed by atoms with Gasteiger partial charge in [0.05, 0.1) is 8.07 Å². The van der Waals surface area contributed by atoms with Crippen LogP contribution in [0.5, 0.6) is 0 Å². The summed E-state index contributed by atoms with van der Waals surface area (Å²) in [7, 11) is -2.80. The molecular weight excluding hydrogens is 320 g/mol. The second-order valence-corrected chi connectivity index (χ2v) is 20.6. The van der Waals surface area contributed by atoms with Crippen LogP contribution in [0.3, 0.4) is 0 Å². The molecule has 0 aromatic rings. The van der Waals surface area contributed by atoms with Crippen molar-refractivity contribution in [2.24, 2.45) is 10.8 Å². The molecule has 0 aliphatic carbocycles. The van der Waals surface area contributed by atoms with Crippen molar-refractivity contribution in [1.29, 1.82) is 0 Å². The smallest absolute Gasteiger partial charge is 0.127 e. The molecule has 0 bridgehead atoms. The first-order valence-corrected chi connectivity index (χ1v) is 16.0. The summed E-state index contributed by atoms with van der Waals surface area (Å²) in [6, 6.07) is 0. The van der Waals surface area contributed by atoms with E-state index in [1.807, 2.05) is 0 Å². The molecule has 0 nitrogen and oxygen atoms in total. The van der Waals surface area contributed by atoms with Gasteiger partial charge in [0.1, 0.15) is 8.07 Å². The van der Waals surface area contributed by atoms with Gasteiger partial charge in [-0.15, -0.1) is 5.54 Å². The van der Waals surface area contributed by atoms with Gasteiger partial charge >= 0.3 is 0 Å². The lowest BCUT2D eigenvalue weighted by molar-refractivity contribution is 0.514. The van der Waals surface area contributed by atoms with Crippen LogP contribution in [-0.2, 0) is 0 Å². The standard InChI is InChI=1S/C22H38Si2/c1-21(2,3)16-13-14-20(22(4,5)6)19(18-24(10,11)12)15-17-23(7,8)9/h16,18H,1-12H3. The van der Waals surface area contributed by atoms with Crippen LogP contribution in [-0.4, -0.2) is 16.1 Å². The van der Waals surface area contributed by atoms with Gasteiger partial charge in [-0.3, -0.25) is 0 Å². The van der Waals surface area contributed by atoms with Crippen LogP contribution in [0.1, 0.15) is 41.5 Å². The topological polar surface area (TPSA) is 0 Å². The van der Waals surface area contributed by atoms with Crippen LogP contribution >= 0.6 is 0 Å². The van der Waals surface area contributed by atoms with Gasteiger partial charge in [0, 0.05) is 11.1 Å². The number of rotatable bonds is 2. The molecule has 0 saturated carbocycles. The number of hydrogen-bond acceptors (Lipinski definition) is 0. The van der Waals surface area contributed by atoms with Gasteiger partial charge in [-0.1, -0.05) is 104 Å². The Morgan fingerprint density at radius 1 is 0.833 bits per heavy atom. The molecule has 2 heteroatoms. The molecule has 0 aromatic carbocycles. The Morgan fingerprint density at radius 2 is 1.33 bits per heavy atom. The average Bonchev–Trinajstić information content (AvgIpc) is 2.25. The molecule has 0 rings (SSSR count). The summed E-state index contributed by atoms with van der Waals surface area (Å²) < 4.78 is 0. The molecule has 0 saturated heterocycles. The molecule has 0 aliphatic heterocycles. The van der Waals surface area contributed by atoms with Crippen LogP contribution in [0.2, 0.25) is 39.3 Å². The van der Waals surface area contributed by atoms with E-state index in [1.165, 1.54) is 11.1 Å². The highest BCUT2D eigenvalue weighted by Gasteiger charge is 2.22. The molecule has 0 unspecified atom stereocenters. The van der Waals surface area contributed by atoms with Crippen molar-refractivity contribution in [3.05, 3.63) is 34.4 Å². The van der Waals surface area contributed by atoms with Crippen molar-refractivity contribution in [1.82, 2.24) is 0 Å². The summed E-state index contributed by atoms with van der Waals surface area (Å²) >= 11 is 0. The summed E-state index contributed by atoms with van der Waals surface area (Å²) in [5.41, 5.74) is 15.2. The van der Waals surface area contributed by atoms with Crippen LogP contribution in [0.25, 0.3) is 0 Å². The van der Waals surface area contributed by atoms with E-state index in [9.17, 15) is 0 Å². The van der Waals surface area contributed by atoms with E-state index in [0.29, 0.717) is 0 Å². The van der Waals surface area contributed by atoms with Gasteiger partial charge in [0.2, 0.25) is 0 Å². The first kappa shape index (κ1) is 23.0. The predicted octanol–water partition coefficient (Wildman–Crippen LogP) is 7.00. The van der Waals surface area contributed by atoms with E-state index in [4.69, 9.17) is 0 Å². The summed E-state index contributed by atoms with van der Waals surface area (Å²) in [6.07, 6.45) is 2.09. The van der Waals surface area contributed by atoms with Gasteiger partial charge in [-0.05, 0) is 16.9 Å². The lowest BCUT2D eigenvalue weighted by atomic mass is 9.83. The maximum absolute atomic E-state index is 3.55. The third kappa shape index (κ3) is 11.6. The molecule has 0 atom stereocenters. The second-order valence-electron chi connectivity index (χ2n) is 10.8. The average molecular weight is 359 g/mol. The molecule has 0 aliphatic rings. The van der Waals surface area contributed by atoms with E-state index in [0.717, 1.165) is 0 Å². The highest BCUT2D eigenvalue weighted by atomic mass is 28.3. The molecule has 0 aromatic heterocycles. The van der Waals surface area contributed by atoms with Crippen LogP contribution in [0.15, 0.2) is 34.4 Å². The quantitative estimate of drug-likeness (QED) is 0.216. The summed E-state index contributed by atoms with van der Waals surface area (Å²) in [6.45, 7) is 27.2. The van der Waals surface area contributed by atoms with E-state index < -0.39 is 16.1 Å². The fourth-order valence-corrected chi connectivity index (χ4v) is 3.43. The molecule has 0 heterocycles. The van der Waals surface area contributed by atoms with Crippen molar-refractivity contribution < 1.29 is 0 Å². The molecule has 0 N–H and O–H groups in total. The van der Waals surface area contributed by atoms with Gasteiger partial charge in [-0.25, -0.2) is 0 Å². The molecular formula is C22H38Si2. The Hall–Kier alpha value is -0.966. The Bertz CT molecular complexity index is 624. The Morgan fingerprint density at radius 3 is 1.67 bits per heavy atom. The van der Waals surface area contributed by atoms with Gasteiger partial charge < -0.3 is 0 Å². The predicted molar refractivity (Wildman–Crippen MR) is 117 cm³/mol. The van der Waals surface area contributed by atoms with Gasteiger partial charge in [-0.2, -0.15) is 0 Å². The van der Waals surface area contributed by atoms with Gasteiger partial charge in [0.15, 0.2) is 0 Å². The third-order valence-corrected chi connectivity index (χ3v) is 4.90. The molecule has 0 fully saturated rings. The molecule has 24 heavy (non-hydrogen) atoms. The fourth-order valence-electron chi connectivity index (χ4n) is 1.84. The highest BCUT2D eigenvalue weighted by Crippen LogP contribution is 2.31. The van der Waals surface area contributed by atoms with Crippen LogP contribution < -0.4 is 0 Å². The Labute approximate surface area is 153 Å². The summed E-state index contributed by atoms with van der Waals surface area (Å²) in [4.78, 5) is 0. The molecule has 0 radical (unpaired) electrons. The lowest BCUT2D eigenvalue weighted by Gasteiger charge is -2.23. The Kier molecular flexibility index (Phi) is 7.62. The minimum absolute atomic E-state index is 0.00166. The van der Waals surface area contributed by atoms with E-state index in [-0.39, 0.29) is 10.8 Å². The first-order valence-electron chi connectivity index (χ1n) is 8.90. The number of hydrogen-bond donors (Lipinski definition) is 0. The molecule has 0 amide bonds. The zero-order chi connectivity index (χ0) is 19.4. The van der Waals surface area contributed by atoms with Gasteiger partial charge in [0.25, 0.3) is 0 Å². The van der Waals surface area contributed by atoms with Crippen molar-refractivity contribution in [2.45, 2.75) is 80.8 Å². The van der Waals surface area contributed by atoms with Crippen molar-refractivity contribution >= 4 is 16.1 Å². The van der Waals surface area contributed by atoms with E-state index in [2.05, 4.69) is 116 Å². The minimum atomic E-state index is -1.42. The largest absolute Gasteiger partial charge is 0.129 e. The number of allylic oxidation sites excluding steroid dienone is 3. The van der Waals surface area contributed by atoms with Crippen LogP contribution in [0, 0.1) is 22.3 Å². The maximum atomic E-state index is 3.55. The third-order valence-electron chi connectivity index (χ3n) is 2.87. The lowest BCUT2D eigenvalue weighted by Crippen LogP contribution is -2.21. The zero-order valence-electron chi connectivity index (χ0n) is 18.2. The first-order chi connectivity index (χ1) is 10.4. The summed E-state index contributed by atoms with van der Waals surface area (Å²) in [5.74, 6) is 3.52. The monoisotopic (exact) mass is 358 g/mol. The fraction of sp³-hybridized carbons (Fsp3) is 0.636. The normalized spacial score (nSPS) is 13.4. The highest BCUT2D eigenvalue weighted by molar-refractivity contribution is 6.84. The Balaban J connectivity index is 6.55. The van der Waals surface area contributed by atoms with E-state index >= 15 is 0 Å². The SMILES string of the molecule is CC(C)(C)C=C=C=C(C(C#C[Si](C)(C)C)=C[Si](C)(C)C)C(C)(C)C. The summed E-state index contributed by atoms with van der Waals surface area (Å²) in [5, 5.41) is 0. The molecule has 134 valence electrons.